The minimum Gasteiger partial charge on any atom is -0.455 e. The van der Waals surface area contributed by atoms with Crippen molar-refractivity contribution in [1.82, 2.24) is 0 Å². The number of fused-ring (bicyclic) bond motifs is 7. The van der Waals surface area contributed by atoms with Crippen LogP contribution in [0.3, 0.4) is 0 Å². The molecule has 0 radical (unpaired) electrons. The fourth-order valence-electron chi connectivity index (χ4n) is 11.2. The van der Waals surface area contributed by atoms with Gasteiger partial charge in [-0.25, -0.2) is 0 Å². The van der Waals surface area contributed by atoms with Crippen LogP contribution in [-0.4, -0.2) is 0 Å². The molecule has 1 unspecified atom stereocenters. The Bertz CT molecular complexity index is 3910. The molecule has 1 aliphatic rings. The van der Waals surface area contributed by atoms with E-state index in [4.69, 9.17) is 4.42 Å². The maximum absolute atomic E-state index is 6.50. The highest BCUT2D eigenvalue weighted by atomic mass is 16.3. The summed E-state index contributed by atoms with van der Waals surface area (Å²) in [6.07, 6.45) is 0. The van der Waals surface area contributed by atoms with Crippen molar-refractivity contribution >= 4 is 32.7 Å². The summed E-state index contributed by atoms with van der Waals surface area (Å²) in [7, 11) is 0. The molecule has 0 bridgehead atoms. The molecule has 13 rings (SSSR count). The first-order chi connectivity index (χ1) is 33.9. The molecule has 1 nitrogen and oxygen atoms in total. The SMILES string of the molecule is CC1(C)c2cc(-c3ccc4ccccc4c3)ccc2-c2ccc(C(c3ccc(-c4ccc(-c5ccccc5)cc4)cc3)c3cccc(-c4cccc(-c5cccc6c5oc5ccccc56)c4)c3)cc21. The minimum atomic E-state index is -0.196. The van der Waals surface area contributed by atoms with E-state index in [2.05, 4.69) is 257 Å². The molecule has 12 aromatic rings. The molecule has 0 amide bonds. The Balaban J connectivity index is 0.893. The van der Waals surface area contributed by atoms with Gasteiger partial charge in [-0.05, 0) is 124 Å². The topological polar surface area (TPSA) is 13.1 Å². The molecule has 0 aliphatic heterocycles. The van der Waals surface area contributed by atoms with Crippen LogP contribution >= 0.6 is 0 Å². The predicted molar refractivity (Wildman–Crippen MR) is 290 cm³/mol. The Morgan fingerprint density at radius 2 is 0.812 bits per heavy atom. The van der Waals surface area contributed by atoms with Crippen molar-refractivity contribution in [3.8, 4) is 66.8 Å². The second-order valence-electron chi connectivity index (χ2n) is 19.2. The maximum Gasteiger partial charge on any atom is 0.143 e. The standard InChI is InChI=1S/C68H48O/c1-68(2)63-42-54(53-34-31-45-15-6-7-16-50(45)39-53)35-37-59(63)60-38-36-57(43-64(60)68)66(49-32-29-48(30-33-49)47-27-25-46(26-28-47)44-13-4-3-5-14-44)56-20-11-18-52(41-56)51-17-10-19-55(40-51)58-22-12-23-62-61-21-8-9-24-65(61)69-67(58)62/h3-43,66H,1-2H3. The van der Waals surface area contributed by atoms with Crippen LogP contribution in [0.25, 0.3) is 99.5 Å². The summed E-state index contributed by atoms with van der Waals surface area (Å²) >= 11 is 0. The van der Waals surface area contributed by atoms with Crippen molar-refractivity contribution in [2.45, 2.75) is 25.2 Å². The lowest BCUT2D eigenvalue weighted by Crippen LogP contribution is -2.16. The number of hydrogen-bond acceptors (Lipinski definition) is 1. The van der Waals surface area contributed by atoms with E-state index >= 15 is 0 Å². The highest BCUT2D eigenvalue weighted by Crippen LogP contribution is 2.51. The Hall–Kier alpha value is -8.52. The van der Waals surface area contributed by atoms with E-state index in [1.807, 2.05) is 6.07 Å². The van der Waals surface area contributed by atoms with Crippen LogP contribution in [0, 0.1) is 0 Å². The van der Waals surface area contributed by atoms with Gasteiger partial charge in [-0.3, -0.25) is 0 Å². The summed E-state index contributed by atoms with van der Waals surface area (Å²) in [4.78, 5) is 0. The molecule has 0 saturated heterocycles. The van der Waals surface area contributed by atoms with Crippen molar-refractivity contribution in [3.63, 3.8) is 0 Å². The number of para-hydroxylation sites is 2. The lowest BCUT2D eigenvalue weighted by Gasteiger charge is -2.25. The Morgan fingerprint density at radius 1 is 0.304 bits per heavy atom. The lowest BCUT2D eigenvalue weighted by atomic mass is 9.78. The summed E-state index contributed by atoms with van der Waals surface area (Å²) in [5.41, 5.74) is 22.8. The van der Waals surface area contributed by atoms with Gasteiger partial charge in [-0.1, -0.05) is 238 Å². The number of rotatable bonds is 8. The van der Waals surface area contributed by atoms with Crippen LogP contribution < -0.4 is 0 Å². The Morgan fingerprint density at radius 3 is 1.61 bits per heavy atom. The van der Waals surface area contributed by atoms with Crippen LogP contribution in [0.2, 0.25) is 0 Å². The van der Waals surface area contributed by atoms with Crippen LogP contribution in [0.1, 0.15) is 47.6 Å². The zero-order valence-corrected chi connectivity index (χ0v) is 38.7. The van der Waals surface area contributed by atoms with Crippen LogP contribution in [0.4, 0.5) is 0 Å². The average Bonchev–Trinajstić information content (AvgIpc) is 3.90. The Labute approximate surface area is 403 Å². The van der Waals surface area contributed by atoms with Crippen LogP contribution in [0.5, 0.6) is 0 Å². The lowest BCUT2D eigenvalue weighted by molar-refractivity contribution is 0.659. The molecule has 69 heavy (non-hydrogen) atoms. The first-order valence-electron chi connectivity index (χ1n) is 24.1. The van der Waals surface area contributed by atoms with E-state index in [1.165, 1.54) is 94.2 Å². The number of furan rings is 1. The Kier molecular flexibility index (Phi) is 9.66. The van der Waals surface area contributed by atoms with E-state index in [0.717, 1.165) is 33.1 Å². The van der Waals surface area contributed by atoms with Crippen molar-refractivity contribution in [3.05, 3.63) is 277 Å². The quantitative estimate of drug-likeness (QED) is 0.139. The molecule has 0 fully saturated rings. The first-order valence-corrected chi connectivity index (χ1v) is 24.1. The largest absolute Gasteiger partial charge is 0.455 e. The van der Waals surface area contributed by atoms with Gasteiger partial charge in [0, 0.05) is 27.7 Å². The third-order valence-corrected chi connectivity index (χ3v) is 14.8. The summed E-state index contributed by atoms with van der Waals surface area (Å²) in [5.74, 6) is -0.00934. The third kappa shape index (κ3) is 7.09. The van der Waals surface area contributed by atoms with Gasteiger partial charge in [-0.15, -0.1) is 0 Å². The molecular weight excluding hydrogens is 833 g/mol. The monoisotopic (exact) mass is 880 g/mol. The van der Waals surface area contributed by atoms with Gasteiger partial charge in [0.15, 0.2) is 0 Å². The van der Waals surface area contributed by atoms with Gasteiger partial charge in [-0.2, -0.15) is 0 Å². The number of hydrogen-bond donors (Lipinski definition) is 0. The molecule has 1 heteroatoms. The van der Waals surface area contributed by atoms with Gasteiger partial charge >= 0.3 is 0 Å². The van der Waals surface area contributed by atoms with Crippen molar-refractivity contribution in [1.29, 1.82) is 0 Å². The van der Waals surface area contributed by atoms with E-state index in [9.17, 15) is 0 Å². The zero-order chi connectivity index (χ0) is 46.1. The molecule has 11 aromatic carbocycles. The summed E-state index contributed by atoms with van der Waals surface area (Å²) in [6, 6.07) is 91.5. The molecule has 1 aromatic heterocycles. The second kappa shape index (κ2) is 16.4. The molecule has 1 heterocycles. The van der Waals surface area contributed by atoms with E-state index in [0.29, 0.717) is 0 Å². The van der Waals surface area contributed by atoms with E-state index in [1.54, 1.807) is 0 Å². The average molecular weight is 881 g/mol. The van der Waals surface area contributed by atoms with Gasteiger partial charge < -0.3 is 4.42 Å². The smallest absolute Gasteiger partial charge is 0.143 e. The van der Waals surface area contributed by atoms with E-state index < -0.39 is 0 Å². The molecule has 326 valence electrons. The highest BCUT2D eigenvalue weighted by Gasteiger charge is 2.36. The van der Waals surface area contributed by atoms with Gasteiger partial charge in [0.05, 0.1) is 0 Å². The summed E-state index contributed by atoms with van der Waals surface area (Å²) in [6.45, 7) is 4.80. The minimum absolute atomic E-state index is 0.00934. The zero-order valence-electron chi connectivity index (χ0n) is 38.7. The normalized spacial score (nSPS) is 13.1. The van der Waals surface area contributed by atoms with Crippen LogP contribution in [0.15, 0.2) is 253 Å². The molecule has 0 spiro atoms. The fraction of sp³-hybridized carbons (Fsp3) is 0.0588. The molecule has 0 N–H and O–H groups in total. The van der Waals surface area contributed by atoms with E-state index in [-0.39, 0.29) is 11.3 Å². The summed E-state index contributed by atoms with van der Waals surface area (Å²) in [5, 5.41) is 4.81. The van der Waals surface area contributed by atoms with Crippen LogP contribution in [-0.2, 0) is 5.41 Å². The highest BCUT2D eigenvalue weighted by molar-refractivity contribution is 6.09. The van der Waals surface area contributed by atoms with Crippen molar-refractivity contribution < 1.29 is 4.42 Å². The predicted octanol–water partition coefficient (Wildman–Crippen LogP) is 18.6. The second-order valence-corrected chi connectivity index (χ2v) is 19.2. The van der Waals surface area contributed by atoms with Gasteiger partial charge in [0.1, 0.15) is 11.2 Å². The third-order valence-electron chi connectivity index (χ3n) is 14.8. The van der Waals surface area contributed by atoms with Gasteiger partial charge in [0.2, 0.25) is 0 Å². The fourth-order valence-corrected chi connectivity index (χ4v) is 11.2. The molecule has 0 saturated carbocycles. The van der Waals surface area contributed by atoms with Crippen molar-refractivity contribution in [2.24, 2.45) is 0 Å². The maximum atomic E-state index is 6.50. The van der Waals surface area contributed by atoms with Gasteiger partial charge in [0.25, 0.3) is 0 Å². The number of benzene rings is 11. The van der Waals surface area contributed by atoms with Crippen molar-refractivity contribution in [2.75, 3.05) is 0 Å². The molecular formula is C68H48O. The summed E-state index contributed by atoms with van der Waals surface area (Å²) < 4.78 is 6.50. The molecule has 1 atom stereocenters. The first kappa shape index (κ1) is 40.7. The molecule has 1 aliphatic carbocycles.